The molecular weight excluding hydrogens is 278 g/mol. The SMILES string of the molecule is CCOC(=O)c1ccc2c(c1)N=C(C)c1ccc(C)cc1O2. The minimum atomic E-state index is -0.351. The van der Waals surface area contributed by atoms with Gasteiger partial charge >= 0.3 is 5.97 Å². The molecule has 0 fully saturated rings. The van der Waals surface area contributed by atoms with E-state index in [4.69, 9.17) is 9.47 Å². The first-order valence-electron chi connectivity index (χ1n) is 7.24. The summed E-state index contributed by atoms with van der Waals surface area (Å²) >= 11 is 0. The van der Waals surface area contributed by atoms with Crippen LogP contribution in [0.4, 0.5) is 5.69 Å². The average molecular weight is 295 g/mol. The molecule has 2 aromatic carbocycles. The molecule has 0 N–H and O–H groups in total. The summed E-state index contributed by atoms with van der Waals surface area (Å²) in [6, 6.07) is 11.2. The van der Waals surface area contributed by atoms with Gasteiger partial charge in [0.25, 0.3) is 0 Å². The Bertz CT molecular complexity index is 778. The van der Waals surface area contributed by atoms with E-state index in [2.05, 4.69) is 4.99 Å². The first kappa shape index (κ1) is 14.3. The quantitative estimate of drug-likeness (QED) is 0.771. The Morgan fingerprint density at radius 2 is 1.95 bits per heavy atom. The lowest BCUT2D eigenvalue weighted by atomic mass is 10.1. The number of fused-ring (bicyclic) bond motifs is 2. The monoisotopic (exact) mass is 295 g/mol. The van der Waals surface area contributed by atoms with Crippen molar-refractivity contribution in [3.05, 3.63) is 53.1 Å². The molecule has 0 unspecified atom stereocenters. The molecule has 22 heavy (non-hydrogen) atoms. The Kier molecular flexibility index (Phi) is 3.67. The van der Waals surface area contributed by atoms with Crippen molar-refractivity contribution in [2.45, 2.75) is 20.8 Å². The van der Waals surface area contributed by atoms with Crippen LogP contribution < -0.4 is 4.74 Å². The van der Waals surface area contributed by atoms with E-state index in [9.17, 15) is 4.79 Å². The van der Waals surface area contributed by atoms with Gasteiger partial charge in [-0.2, -0.15) is 0 Å². The summed E-state index contributed by atoms with van der Waals surface area (Å²) in [5, 5.41) is 0. The normalized spacial score (nSPS) is 12.4. The maximum Gasteiger partial charge on any atom is 0.338 e. The summed E-state index contributed by atoms with van der Waals surface area (Å²) in [7, 11) is 0. The van der Waals surface area contributed by atoms with Crippen molar-refractivity contribution in [2.75, 3.05) is 6.61 Å². The van der Waals surface area contributed by atoms with E-state index in [0.29, 0.717) is 23.6 Å². The van der Waals surface area contributed by atoms with Crippen LogP contribution in [0.2, 0.25) is 0 Å². The van der Waals surface area contributed by atoms with Gasteiger partial charge in [-0.05, 0) is 56.7 Å². The van der Waals surface area contributed by atoms with Crippen molar-refractivity contribution in [1.82, 2.24) is 0 Å². The van der Waals surface area contributed by atoms with Gasteiger partial charge in [0.1, 0.15) is 11.4 Å². The van der Waals surface area contributed by atoms with E-state index < -0.39 is 0 Å². The van der Waals surface area contributed by atoms with Gasteiger partial charge in [-0.25, -0.2) is 9.79 Å². The Balaban J connectivity index is 2.07. The zero-order valence-corrected chi connectivity index (χ0v) is 12.8. The van der Waals surface area contributed by atoms with Crippen LogP contribution in [0.3, 0.4) is 0 Å². The highest BCUT2D eigenvalue weighted by atomic mass is 16.5. The van der Waals surface area contributed by atoms with Crippen LogP contribution >= 0.6 is 0 Å². The lowest BCUT2D eigenvalue weighted by molar-refractivity contribution is 0.0526. The summed E-state index contributed by atoms with van der Waals surface area (Å²) in [4.78, 5) is 16.4. The highest BCUT2D eigenvalue weighted by Crippen LogP contribution is 2.38. The molecule has 0 saturated heterocycles. The molecule has 2 aromatic rings. The molecule has 0 saturated carbocycles. The Labute approximate surface area is 129 Å². The molecule has 0 atom stereocenters. The largest absolute Gasteiger partial charge is 0.462 e. The number of ether oxygens (including phenoxy) is 2. The number of carbonyl (C=O) groups excluding carboxylic acids is 1. The van der Waals surface area contributed by atoms with Crippen molar-refractivity contribution in [3.8, 4) is 11.5 Å². The first-order valence-corrected chi connectivity index (χ1v) is 7.24. The zero-order chi connectivity index (χ0) is 15.7. The number of hydrogen-bond donors (Lipinski definition) is 0. The predicted octanol–water partition coefficient (Wildman–Crippen LogP) is 4.42. The van der Waals surface area contributed by atoms with Gasteiger partial charge in [0.2, 0.25) is 0 Å². The number of hydrogen-bond acceptors (Lipinski definition) is 4. The van der Waals surface area contributed by atoms with Crippen LogP contribution in [0.1, 0.15) is 35.3 Å². The summed E-state index contributed by atoms with van der Waals surface area (Å²) in [6.45, 7) is 6.08. The van der Waals surface area contributed by atoms with E-state index in [1.54, 1.807) is 25.1 Å². The number of rotatable bonds is 2. The number of aliphatic imine (C=N–C) groups is 1. The van der Waals surface area contributed by atoms with E-state index in [-0.39, 0.29) is 5.97 Å². The van der Waals surface area contributed by atoms with Crippen LogP contribution in [0.15, 0.2) is 41.4 Å². The van der Waals surface area contributed by atoms with Crippen LogP contribution in [0, 0.1) is 6.92 Å². The summed E-state index contributed by atoms with van der Waals surface area (Å²) in [6.07, 6.45) is 0. The molecule has 0 amide bonds. The molecule has 1 aliphatic rings. The van der Waals surface area contributed by atoms with Crippen LogP contribution in [-0.2, 0) is 4.74 Å². The Morgan fingerprint density at radius 1 is 1.14 bits per heavy atom. The molecule has 112 valence electrons. The van der Waals surface area contributed by atoms with Gasteiger partial charge in [0.05, 0.1) is 12.2 Å². The highest BCUT2D eigenvalue weighted by molar-refractivity contribution is 6.04. The molecule has 0 aliphatic carbocycles. The molecule has 4 nitrogen and oxygen atoms in total. The Hall–Kier alpha value is -2.62. The lowest BCUT2D eigenvalue weighted by Crippen LogP contribution is -2.04. The van der Waals surface area contributed by atoms with Crippen LogP contribution in [0.25, 0.3) is 0 Å². The fourth-order valence-corrected chi connectivity index (χ4v) is 2.40. The third-order valence-electron chi connectivity index (χ3n) is 3.51. The first-order chi connectivity index (χ1) is 10.6. The van der Waals surface area contributed by atoms with Crippen LogP contribution in [0.5, 0.6) is 11.5 Å². The molecule has 0 bridgehead atoms. The third kappa shape index (κ3) is 2.60. The van der Waals surface area contributed by atoms with Crippen molar-refractivity contribution in [2.24, 2.45) is 4.99 Å². The molecule has 0 spiro atoms. The fourth-order valence-electron chi connectivity index (χ4n) is 2.40. The lowest BCUT2D eigenvalue weighted by Gasteiger charge is -2.10. The topological polar surface area (TPSA) is 47.9 Å². The highest BCUT2D eigenvalue weighted by Gasteiger charge is 2.18. The predicted molar refractivity (Wildman–Crippen MR) is 85.5 cm³/mol. The average Bonchev–Trinajstić information content (AvgIpc) is 2.62. The smallest absolute Gasteiger partial charge is 0.338 e. The molecule has 1 heterocycles. The molecule has 0 radical (unpaired) electrons. The van der Waals surface area contributed by atoms with Crippen LogP contribution in [-0.4, -0.2) is 18.3 Å². The molecule has 4 heteroatoms. The number of esters is 1. The summed E-state index contributed by atoms with van der Waals surface area (Å²) in [5.41, 5.74) is 4.05. The van der Waals surface area contributed by atoms with Crippen molar-refractivity contribution >= 4 is 17.4 Å². The van der Waals surface area contributed by atoms with E-state index in [0.717, 1.165) is 22.6 Å². The number of aryl methyl sites for hydroxylation is 1. The van der Waals surface area contributed by atoms with E-state index in [1.165, 1.54) is 0 Å². The van der Waals surface area contributed by atoms with Gasteiger partial charge in [-0.1, -0.05) is 6.07 Å². The minimum absolute atomic E-state index is 0.347. The Morgan fingerprint density at radius 3 is 2.73 bits per heavy atom. The summed E-state index contributed by atoms with van der Waals surface area (Å²) in [5.74, 6) is 1.07. The standard InChI is InChI=1S/C18H17NO3/c1-4-21-18(20)13-6-8-16-15(10-13)19-12(3)14-7-5-11(2)9-17(14)22-16/h5-10H,4H2,1-3H3. The van der Waals surface area contributed by atoms with Gasteiger partial charge in [0, 0.05) is 11.3 Å². The number of benzene rings is 2. The second-order valence-electron chi connectivity index (χ2n) is 5.20. The van der Waals surface area contributed by atoms with Crippen molar-refractivity contribution in [3.63, 3.8) is 0 Å². The van der Waals surface area contributed by atoms with E-state index >= 15 is 0 Å². The maximum atomic E-state index is 11.8. The number of nitrogens with zero attached hydrogens (tertiary/aromatic N) is 1. The molecule has 1 aliphatic heterocycles. The minimum Gasteiger partial charge on any atom is -0.462 e. The number of carbonyl (C=O) groups is 1. The van der Waals surface area contributed by atoms with Gasteiger partial charge in [-0.3, -0.25) is 0 Å². The zero-order valence-electron chi connectivity index (χ0n) is 12.8. The molecule has 0 aromatic heterocycles. The van der Waals surface area contributed by atoms with Crippen molar-refractivity contribution in [1.29, 1.82) is 0 Å². The second-order valence-corrected chi connectivity index (χ2v) is 5.20. The van der Waals surface area contributed by atoms with E-state index in [1.807, 2.05) is 32.0 Å². The van der Waals surface area contributed by atoms with Gasteiger partial charge < -0.3 is 9.47 Å². The van der Waals surface area contributed by atoms with Gasteiger partial charge in [-0.15, -0.1) is 0 Å². The molecule has 3 rings (SSSR count). The molecular formula is C18H17NO3. The maximum absolute atomic E-state index is 11.8. The van der Waals surface area contributed by atoms with Gasteiger partial charge in [0.15, 0.2) is 5.75 Å². The van der Waals surface area contributed by atoms with Crippen molar-refractivity contribution < 1.29 is 14.3 Å². The third-order valence-corrected chi connectivity index (χ3v) is 3.51. The second kappa shape index (κ2) is 5.64. The fraction of sp³-hybridized carbons (Fsp3) is 0.222. The summed E-state index contributed by atoms with van der Waals surface area (Å²) < 4.78 is 11.0.